The SMILES string of the molecule is CCCc1ccc(O)c(N=Nc2ccc(C(=O)O)cc2)c1. The largest absolute Gasteiger partial charge is 0.506 e. The Balaban J connectivity index is 2.20. The Kier molecular flexibility index (Phi) is 4.66. The quantitative estimate of drug-likeness (QED) is 0.795. The van der Waals surface area contributed by atoms with Crippen LogP contribution in [0.15, 0.2) is 52.7 Å². The fraction of sp³-hybridized carbons (Fsp3) is 0.188. The van der Waals surface area contributed by atoms with E-state index in [1.54, 1.807) is 24.3 Å². The van der Waals surface area contributed by atoms with E-state index < -0.39 is 5.97 Å². The highest BCUT2D eigenvalue weighted by Gasteiger charge is 2.03. The molecular formula is C16H16N2O3. The number of carboxylic acids is 1. The number of phenolic OH excluding ortho intramolecular Hbond substituents is 1. The molecule has 2 rings (SSSR count). The van der Waals surface area contributed by atoms with E-state index in [1.807, 2.05) is 6.07 Å². The lowest BCUT2D eigenvalue weighted by Gasteiger charge is -2.02. The standard InChI is InChI=1S/C16H16N2O3/c1-2-3-11-4-9-15(19)14(10-11)18-17-13-7-5-12(6-8-13)16(20)21/h4-10,19H,2-3H2,1H3,(H,20,21). The summed E-state index contributed by atoms with van der Waals surface area (Å²) in [6, 6.07) is 11.3. The zero-order valence-corrected chi connectivity index (χ0v) is 11.7. The van der Waals surface area contributed by atoms with Crippen molar-refractivity contribution in [2.75, 3.05) is 0 Å². The first-order chi connectivity index (χ1) is 10.1. The van der Waals surface area contributed by atoms with Crippen molar-refractivity contribution in [3.8, 4) is 5.75 Å². The Bertz CT molecular complexity index is 664. The molecule has 0 atom stereocenters. The molecule has 0 saturated heterocycles. The first-order valence-corrected chi connectivity index (χ1v) is 6.67. The van der Waals surface area contributed by atoms with Gasteiger partial charge in [0.05, 0.1) is 11.3 Å². The highest BCUT2D eigenvalue weighted by molar-refractivity contribution is 5.87. The lowest BCUT2D eigenvalue weighted by atomic mass is 10.1. The van der Waals surface area contributed by atoms with Crippen LogP contribution in [0.1, 0.15) is 29.3 Å². The highest BCUT2D eigenvalue weighted by Crippen LogP contribution is 2.29. The molecule has 0 fully saturated rings. The van der Waals surface area contributed by atoms with Crippen molar-refractivity contribution >= 4 is 17.3 Å². The van der Waals surface area contributed by atoms with E-state index in [0.717, 1.165) is 18.4 Å². The van der Waals surface area contributed by atoms with Gasteiger partial charge in [-0.2, -0.15) is 5.11 Å². The van der Waals surface area contributed by atoms with Gasteiger partial charge in [0.1, 0.15) is 11.4 Å². The van der Waals surface area contributed by atoms with Gasteiger partial charge in [0.2, 0.25) is 0 Å². The Morgan fingerprint density at radius 2 is 1.81 bits per heavy atom. The van der Waals surface area contributed by atoms with Gasteiger partial charge in [0, 0.05) is 0 Å². The number of rotatable bonds is 5. The van der Waals surface area contributed by atoms with Crippen molar-refractivity contribution in [2.45, 2.75) is 19.8 Å². The van der Waals surface area contributed by atoms with Crippen LogP contribution in [0.5, 0.6) is 5.75 Å². The highest BCUT2D eigenvalue weighted by atomic mass is 16.4. The molecule has 0 amide bonds. The van der Waals surface area contributed by atoms with Gasteiger partial charge < -0.3 is 10.2 Å². The van der Waals surface area contributed by atoms with Crippen molar-refractivity contribution < 1.29 is 15.0 Å². The number of aromatic carboxylic acids is 1. The molecule has 0 saturated carbocycles. The number of carboxylic acid groups (broad SMARTS) is 1. The number of hydrogen-bond acceptors (Lipinski definition) is 4. The zero-order chi connectivity index (χ0) is 15.2. The maximum absolute atomic E-state index is 10.7. The fourth-order valence-electron chi connectivity index (χ4n) is 1.88. The monoisotopic (exact) mass is 284 g/mol. The van der Waals surface area contributed by atoms with E-state index in [-0.39, 0.29) is 11.3 Å². The number of carbonyl (C=O) groups is 1. The number of azo groups is 1. The minimum absolute atomic E-state index is 0.0701. The third-order valence-electron chi connectivity index (χ3n) is 2.97. The van der Waals surface area contributed by atoms with Crippen molar-refractivity contribution in [3.63, 3.8) is 0 Å². The molecule has 108 valence electrons. The second-order valence-electron chi connectivity index (χ2n) is 4.63. The van der Waals surface area contributed by atoms with Gasteiger partial charge in [0.15, 0.2) is 0 Å². The zero-order valence-electron chi connectivity index (χ0n) is 11.7. The van der Waals surface area contributed by atoms with Gasteiger partial charge >= 0.3 is 5.97 Å². The molecule has 21 heavy (non-hydrogen) atoms. The third-order valence-corrected chi connectivity index (χ3v) is 2.97. The normalized spacial score (nSPS) is 10.9. The average molecular weight is 284 g/mol. The summed E-state index contributed by atoms with van der Waals surface area (Å²) >= 11 is 0. The van der Waals surface area contributed by atoms with E-state index in [2.05, 4.69) is 17.2 Å². The second-order valence-corrected chi connectivity index (χ2v) is 4.63. The maximum atomic E-state index is 10.7. The topological polar surface area (TPSA) is 82.2 Å². The van der Waals surface area contributed by atoms with Crippen LogP contribution in [-0.4, -0.2) is 16.2 Å². The van der Waals surface area contributed by atoms with Crippen molar-refractivity contribution in [3.05, 3.63) is 53.6 Å². The van der Waals surface area contributed by atoms with E-state index in [0.29, 0.717) is 11.4 Å². The molecule has 0 aliphatic heterocycles. The number of hydrogen-bond donors (Lipinski definition) is 2. The summed E-state index contributed by atoms with van der Waals surface area (Å²) in [7, 11) is 0. The predicted molar refractivity (Wildman–Crippen MR) is 79.7 cm³/mol. The van der Waals surface area contributed by atoms with Crippen molar-refractivity contribution in [2.24, 2.45) is 10.2 Å². The van der Waals surface area contributed by atoms with E-state index in [9.17, 15) is 9.90 Å². The first kappa shape index (κ1) is 14.7. The third kappa shape index (κ3) is 3.89. The lowest BCUT2D eigenvalue weighted by Crippen LogP contribution is -1.93. The Labute approximate surface area is 122 Å². The Morgan fingerprint density at radius 3 is 2.43 bits per heavy atom. The van der Waals surface area contributed by atoms with E-state index in [4.69, 9.17) is 5.11 Å². The summed E-state index contributed by atoms with van der Waals surface area (Å²) < 4.78 is 0. The molecule has 0 aromatic heterocycles. The second kappa shape index (κ2) is 6.65. The van der Waals surface area contributed by atoms with E-state index in [1.165, 1.54) is 12.1 Å². The molecule has 2 aromatic carbocycles. The van der Waals surface area contributed by atoms with Gasteiger partial charge in [-0.05, 0) is 48.4 Å². The van der Waals surface area contributed by atoms with Gasteiger partial charge in [-0.25, -0.2) is 4.79 Å². The molecular weight excluding hydrogens is 268 g/mol. The van der Waals surface area contributed by atoms with Gasteiger partial charge in [-0.1, -0.05) is 19.4 Å². The molecule has 0 spiro atoms. The molecule has 2 N–H and O–H groups in total. The molecule has 2 aromatic rings. The van der Waals surface area contributed by atoms with Crippen LogP contribution in [0.25, 0.3) is 0 Å². The minimum atomic E-state index is -0.983. The van der Waals surface area contributed by atoms with Crippen LogP contribution in [0, 0.1) is 0 Å². The summed E-state index contributed by atoms with van der Waals surface area (Å²) in [5.74, 6) is -0.913. The Morgan fingerprint density at radius 1 is 1.10 bits per heavy atom. The number of aromatic hydroxyl groups is 1. The van der Waals surface area contributed by atoms with Crippen LogP contribution in [0.4, 0.5) is 11.4 Å². The Hall–Kier alpha value is -2.69. The van der Waals surface area contributed by atoms with Crippen LogP contribution in [-0.2, 0) is 6.42 Å². The van der Waals surface area contributed by atoms with Crippen molar-refractivity contribution in [1.29, 1.82) is 0 Å². The van der Waals surface area contributed by atoms with Gasteiger partial charge in [-0.3, -0.25) is 0 Å². The predicted octanol–water partition coefficient (Wildman–Crippen LogP) is 4.46. The smallest absolute Gasteiger partial charge is 0.335 e. The summed E-state index contributed by atoms with van der Waals surface area (Å²) in [5.41, 5.74) is 2.22. The molecule has 0 heterocycles. The average Bonchev–Trinajstić information content (AvgIpc) is 2.48. The molecule has 0 aliphatic rings. The molecule has 0 unspecified atom stereocenters. The van der Waals surface area contributed by atoms with Crippen LogP contribution < -0.4 is 0 Å². The minimum Gasteiger partial charge on any atom is -0.506 e. The number of phenols is 1. The van der Waals surface area contributed by atoms with Gasteiger partial charge in [-0.15, -0.1) is 5.11 Å². The lowest BCUT2D eigenvalue weighted by molar-refractivity contribution is 0.0697. The number of benzene rings is 2. The van der Waals surface area contributed by atoms with Crippen LogP contribution in [0.2, 0.25) is 0 Å². The van der Waals surface area contributed by atoms with Crippen LogP contribution >= 0.6 is 0 Å². The first-order valence-electron chi connectivity index (χ1n) is 6.67. The summed E-state index contributed by atoms with van der Waals surface area (Å²) in [6.07, 6.45) is 1.92. The maximum Gasteiger partial charge on any atom is 0.335 e. The van der Waals surface area contributed by atoms with Crippen molar-refractivity contribution in [1.82, 2.24) is 0 Å². The number of nitrogens with zero attached hydrogens (tertiary/aromatic N) is 2. The van der Waals surface area contributed by atoms with Gasteiger partial charge in [0.25, 0.3) is 0 Å². The molecule has 0 aliphatic carbocycles. The summed E-state index contributed by atoms with van der Waals surface area (Å²) in [4.78, 5) is 10.7. The molecule has 0 radical (unpaired) electrons. The summed E-state index contributed by atoms with van der Waals surface area (Å²) in [6.45, 7) is 2.08. The van der Waals surface area contributed by atoms with Crippen LogP contribution in [0.3, 0.4) is 0 Å². The van der Waals surface area contributed by atoms with E-state index >= 15 is 0 Å². The molecule has 5 nitrogen and oxygen atoms in total. The summed E-state index contributed by atoms with van der Waals surface area (Å²) in [5, 5.41) is 26.6. The molecule has 0 bridgehead atoms. The molecule has 5 heteroatoms. The fourth-order valence-corrected chi connectivity index (χ4v) is 1.88. The number of aryl methyl sites for hydroxylation is 1.